The molecule has 1 atom stereocenters. The highest BCUT2D eigenvalue weighted by Crippen LogP contribution is 2.25. The molecular weight excluding hydrogens is 272 g/mol. The standard InChI is InChI=1S/C16H25ClN2O/c1-18-16(14-4-2-3-5-15(14)17)8-11-19-9-6-13(12-20)7-10-19/h2-5,13,16,18,20H,6-12H2,1H3. The van der Waals surface area contributed by atoms with Crippen molar-refractivity contribution in [3.05, 3.63) is 34.9 Å². The Morgan fingerprint density at radius 2 is 2.05 bits per heavy atom. The van der Waals surface area contributed by atoms with Gasteiger partial charge in [-0.2, -0.15) is 0 Å². The van der Waals surface area contributed by atoms with Crippen LogP contribution in [0.4, 0.5) is 0 Å². The van der Waals surface area contributed by atoms with Crippen molar-refractivity contribution in [3.63, 3.8) is 0 Å². The Bertz CT molecular complexity index is 405. The molecule has 2 N–H and O–H groups in total. The molecule has 0 aliphatic carbocycles. The van der Waals surface area contributed by atoms with E-state index in [1.165, 1.54) is 5.56 Å². The highest BCUT2D eigenvalue weighted by Gasteiger charge is 2.20. The van der Waals surface area contributed by atoms with Gasteiger partial charge in [-0.3, -0.25) is 0 Å². The van der Waals surface area contributed by atoms with Gasteiger partial charge in [0, 0.05) is 17.7 Å². The molecule has 0 aromatic heterocycles. The van der Waals surface area contributed by atoms with E-state index in [4.69, 9.17) is 16.7 Å². The largest absolute Gasteiger partial charge is 0.396 e. The summed E-state index contributed by atoms with van der Waals surface area (Å²) in [6.07, 6.45) is 3.30. The molecule has 1 aliphatic rings. The fourth-order valence-electron chi connectivity index (χ4n) is 2.92. The summed E-state index contributed by atoms with van der Waals surface area (Å²) >= 11 is 6.28. The zero-order valence-corrected chi connectivity index (χ0v) is 12.9. The second-order valence-electron chi connectivity index (χ2n) is 5.62. The minimum atomic E-state index is 0.305. The molecule has 1 heterocycles. The number of piperidine rings is 1. The smallest absolute Gasteiger partial charge is 0.0460 e. The van der Waals surface area contributed by atoms with Gasteiger partial charge in [0.15, 0.2) is 0 Å². The van der Waals surface area contributed by atoms with E-state index < -0.39 is 0 Å². The molecule has 1 aromatic rings. The maximum Gasteiger partial charge on any atom is 0.0460 e. The normalized spacial score (nSPS) is 19.1. The SMILES string of the molecule is CNC(CCN1CCC(CO)CC1)c1ccccc1Cl. The number of aliphatic hydroxyl groups is 1. The molecule has 0 spiro atoms. The van der Waals surface area contributed by atoms with E-state index in [1.807, 2.05) is 25.2 Å². The molecule has 4 heteroatoms. The van der Waals surface area contributed by atoms with Crippen LogP contribution in [0.2, 0.25) is 5.02 Å². The third-order valence-electron chi connectivity index (χ3n) is 4.33. The van der Waals surface area contributed by atoms with E-state index in [9.17, 15) is 0 Å². The van der Waals surface area contributed by atoms with E-state index >= 15 is 0 Å². The van der Waals surface area contributed by atoms with Gasteiger partial charge in [0.25, 0.3) is 0 Å². The summed E-state index contributed by atoms with van der Waals surface area (Å²) < 4.78 is 0. The highest BCUT2D eigenvalue weighted by atomic mass is 35.5. The molecule has 2 rings (SSSR count). The van der Waals surface area contributed by atoms with Gasteiger partial charge in [-0.1, -0.05) is 29.8 Å². The van der Waals surface area contributed by atoms with Gasteiger partial charge in [0.05, 0.1) is 0 Å². The van der Waals surface area contributed by atoms with Crippen molar-refractivity contribution in [2.45, 2.75) is 25.3 Å². The Labute approximate surface area is 126 Å². The summed E-state index contributed by atoms with van der Waals surface area (Å²) in [5.74, 6) is 0.509. The Balaban J connectivity index is 1.84. The van der Waals surface area contributed by atoms with Gasteiger partial charge in [-0.05, 0) is 63.5 Å². The summed E-state index contributed by atoms with van der Waals surface area (Å²) in [5.41, 5.74) is 1.18. The van der Waals surface area contributed by atoms with Crippen molar-refractivity contribution >= 4 is 11.6 Å². The van der Waals surface area contributed by atoms with E-state index in [-0.39, 0.29) is 0 Å². The molecule has 0 radical (unpaired) electrons. The van der Waals surface area contributed by atoms with Crippen molar-refractivity contribution in [1.29, 1.82) is 0 Å². The van der Waals surface area contributed by atoms with Crippen LogP contribution in [0.5, 0.6) is 0 Å². The molecule has 0 bridgehead atoms. The summed E-state index contributed by atoms with van der Waals surface area (Å²) in [5, 5.41) is 13.4. The minimum absolute atomic E-state index is 0.305. The molecule has 1 saturated heterocycles. The Morgan fingerprint density at radius 3 is 2.65 bits per heavy atom. The number of halogens is 1. The van der Waals surface area contributed by atoms with Crippen LogP contribution < -0.4 is 5.32 Å². The first-order valence-electron chi connectivity index (χ1n) is 7.49. The monoisotopic (exact) mass is 296 g/mol. The predicted molar refractivity (Wildman–Crippen MR) is 84.1 cm³/mol. The van der Waals surface area contributed by atoms with Crippen LogP contribution in [0.25, 0.3) is 0 Å². The average Bonchev–Trinajstić information content (AvgIpc) is 2.50. The molecule has 3 nitrogen and oxygen atoms in total. The predicted octanol–water partition coefficient (Wildman–Crippen LogP) is 2.69. The summed E-state index contributed by atoms with van der Waals surface area (Å²) in [7, 11) is 1.99. The van der Waals surface area contributed by atoms with E-state index in [0.29, 0.717) is 18.6 Å². The van der Waals surface area contributed by atoms with Crippen molar-refractivity contribution in [2.24, 2.45) is 5.92 Å². The fraction of sp³-hybridized carbons (Fsp3) is 0.625. The topological polar surface area (TPSA) is 35.5 Å². The Hall–Kier alpha value is -0.610. The molecular formula is C16H25ClN2O. The third kappa shape index (κ3) is 4.19. The van der Waals surface area contributed by atoms with E-state index in [0.717, 1.165) is 43.9 Å². The number of nitrogens with zero attached hydrogens (tertiary/aromatic N) is 1. The van der Waals surface area contributed by atoms with Crippen molar-refractivity contribution < 1.29 is 5.11 Å². The lowest BCUT2D eigenvalue weighted by Gasteiger charge is -2.32. The second kappa shape index (κ2) is 7.99. The molecule has 1 unspecified atom stereocenters. The maximum atomic E-state index is 9.17. The number of likely N-dealkylation sites (tertiary alicyclic amines) is 1. The molecule has 112 valence electrons. The summed E-state index contributed by atoms with van der Waals surface area (Å²) in [4.78, 5) is 2.49. The van der Waals surface area contributed by atoms with Crippen molar-refractivity contribution in [2.75, 3.05) is 33.3 Å². The molecule has 0 amide bonds. The van der Waals surface area contributed by atoms with E-state index in [2.05, 4.69) is 16.3 Å². The highest BCUT2D eigenvalue weighted by molar-refractivity contribution is 6.31. The Morgan fingerprint density at radius 1 is 1.35 bits per heavy atom. The van der Waals surface area contributed by atoms with Crippen LogP contribution in [-0.4, -0.2) is 43.3 Å². The van der Waals surface area contributed by atoms with Crippen LogP contribution in [0.15, 0.2) is 24.3 Å². The van der Waals surface area contributed by atoms with Crippen molar-refractivity contribution in [1.82, 2.24) is 10.2 Å². The van der Waals surface area contributed by atoms with Gasteiger partial charge >= 0.3 is 0 Å². The lowest BCUT2D eigenvalue weighted by molar-refractivity contribution is 0.128. The summed E-state index contributed by atoms with van der Waals surface area (Å²) in [6, 6.07) is 8.37. The number of nitrogens with one attached hydrogen (secondary N) is 1. The van der Waals surface area contributed by atoms with Crippen LogP contribution in [0.3, 0.4) is 0 Å². The van der Waals surface area contributed by atoms with Gasteiger partial charge in [0.2, 0.25) is 0 Å². The lowest BCUT2D eigenvalue weighted by Crippen LogP contribution is -2.36. The van der Waals surface area contributed by atoms with E-state index in [1.54, 1.807) is 0 Å². The second-order valence-corrected chi connectivity index (χ2v) is 6.03. The van der Waals surface area contributed by atoms with Crippen LogP contribution in [0, 0.1) is 5.92 Å². The Kier molecular flexibility index (Phi) is 6.30. The zero-order valence-electron chi connectivity index (χ0n) is 12.2. The maximum absolute atomic E-state index is 9.17. The molecule has 1 aromatic carbocycles. The number of hydrogen-bond donors (Lipinski definition) is 2. The first kappa shape index (κ1) is 15.8. The number of hydrogen-bond acceptors (Lipinski definition) is 3. The van der Waals surface area contributed by atoms with Crippen LogP contribution >= 0.6 is 11.6 Å². The number of aliphatic hydroxyl groups excluding tert-OH is 1. The van der Waals surface area contributed by atoms with Gasteiger partial charge in [-0.15, -0.1) is 0 Å². The average molecular weight is 297 g/mol. The number of benzene rings is 1. The van der Waals surface area contributed by atoms with Gasteiger partial charge < -0.3 is 15.3 Å². The van der Waals surface area contributed by atoms with Gasteiger partial charge in [-0.25, -0.2) is 0 Å². The fourth-order valence-corrected chi connectivity index (χ4v) is 3.18. The summed E-state index contributed by atoms with van der Waals surface area (Å²) in [6.45, 7) is 3.62. The molecule has 20 heavy (non-hydrogen) atoms. The number of rotatable bonds is 6. The van der Waals surface area contributed by atoms with Crippen LogP contribution in [-0.2, 0) is 0 Å². The zero-order chi connectivity index (χ0) is 14.4. The molecule has 0 saturated carbocycles. The minimum Gasteiger partial charge on any atom is -0.396 e. The van der Waals surface area contributed by atoms with Gasteiger partial charge in [0.1, 0.15) is 0 Å². The quantitative estimate of drug-likeness (QED) is 0.847. The lowest BCUT2D eigenvalue weighted by atomic mass is 9.97. The first-order chi connectivity index (χ1) is 9.74. The van der Waals surface area contributed by atoms with Crippen LogP contribution in [0.1, 0.15) is 30.9 Å². The third-order valence-corrected chi connectivity index (χ3v) is 4.67. The van der Waals surface area contributed by atoms with Crippen molar-refractivity contribution in [3.8, 4) is 0 Å². The molecule has 1 aliphatic heterocycles. The molecule has 1 fully saturated rings. The first-order valence-corrected chi connectivity index (χ1v) is 7.87.